The van der Waals surface area contributed by atoms with Crippen molar-refractivity contribution in [3.8, 4) is 0 Å². The minimum absolute atomic E-state index is 0.237. The monoisotopic (exact) mass is 172 g/mol. The molecule has 1 heterocycles. The zero-order valence-corrected chi connectivity index (χ0v) is 8.39. The molecule has 0 amide bonds. The minimum Gasteiger partial charge on any atom is -0.254 e. The van der Waals surface area contributed by atoms with Gasteiger partial charge >= 0.3 is 0 Å². The molecule has 0 N–H and O–H groups in total. The Morgan fingerprint density at radius 3 is 2.77 bits per heavy atom. The van der Waals surface area contributed by atoms with E-state index in [1.807, 2.05) is 20.8 Å². The largest absolute Gasteiger partial charge is 0.254 e. The molecule has 66 valence electrons. The molecule has 1 aromatic rings. The highest BCUT2D eigenvalue weighted by molar-refractivity contribution is 6.34. The van der Waals surface area contributed by atoms with Gasteiger partial charge in [-0.1, -0.05) is 31.5 Å². The van der Waals surface area contributed by atoms with E-state index in [-0.39, 0.29) is 5.92 Å². The summed E-state index contributed by atoms with van der Waals surface area (Å²) in [6, 6.07) is 0.447. The topological polar surface area (TPSA) is 12.9 Å². The molecule has 13 heavy (non-hydrogen) atoms. The third kappa shape index (κ3) is 2.00. The zero-order valence-electron chi connectivity index (χ0n) is 9.39. The van der Waals surface area contributed by atoms with Gasteiger partial charge in [-0.3, -0.25) is 4.98 Å². The SMILES string of the molecule is [2H]c1c(C(C)C)nc(C=C)c([B])c1C. The Labute approximate surface area is 82.7 Å². The molecule has 1 aromatic heterocycles. The van der Waals surface area contributed by atoms with Gasteiger partial charge in [-0.15, -0.1) is 0 Å². The van der Waals surface area contributed by atoms with Crippen molar-refractivity contribution in [3.05, 3.63) is 29.6 Å². The Hall–Kier alpha value is -1.05. The van der Waals surface area contributed by atoms with Crippen LogP contribution in [0.4, 0.5) is 0 Å². The zero-order chi connectivity index (χ0) is 10.9. The molecule has 0 aliphatic rings. The van der Waals surface area contributed by atoms with Crippen LogP contribution in [0.25, 0.3) is 6.08 Å². The molecule has 0 spiro atoms. The third-order valence-corrected chi connectivity index (χ3v) is 1.98. The Bertz CT molecular complexity index is 372. The molecular weight excluding hydrogens is 157 g/mol. The van der Waals surface area contributed by atoms with Crippen molar-refractivity contribution >= 4 is 19.4 Å². The van der Waals surface area contributed by atoms with Gasteiger partial charge in [0, 0.05) is 5.69 Å². The van der Waals surface area contributed by atoms with Gasteiger partial charge in [-0.2, -0.15) is 0 Å². The van der Waals surface area contributed by atoms with Crippen LogP contribution in [0.5, 0.6) is 0 Å². The summed E-state index contributed by atoms with van der Waals surface area (Å²) in [5.41, 5.74) is 2.82. The van der Waals surface area contributed by atoms with Gasteiger partial charge in [0.05, 0.1) is 7.06 Å². The summed E-state index contributed by atoms with van der Waals surface area (Å²) in [5.74, 6) is 0.237. The third-order valence-electron chi connectivity index (χ3n) is 1.98. The minimum atomic E-state index is 0.237. The average molecular weight is 172 g/mol. The first kappa shape index (κ1) is 8.55. The highest BCUT2D eigenvalue weighted by atomic mass is 14.7. The fraction of sp³-hybridized carbons (Fsp3) is 0.364. The molecule has 0 atom stereocenters. The van der Waals surface area contributed by atoms with E-state index in [0.717, 1.165) is 11.3 Å². The van der Waals surface area contributed by atoms with E-state index >= 15 is 0 Å². The summed E-state index contributed by atoms with van der Waals surface area (Å²) in [6.45, 7) is 9.54. The number of aromatic nitrogens is 1. The molecular formula is C11H14BN. The smallest absolute Gasteiger partial charge is 0.117 e. The van der Waals surface area contributed by atoms with Crippen LogP contribution in [0.3, 0.4) is 0 Å². The van der Waals surface area contributed by atoms with Gasteiger partial charge in [0.2, 0.25) is 0 Å². The lowest BCUT2D eigenvalue weighted by Gasteiger charge is -2.10. The number of pyridine rings is 1. The quantitative estimate of drug-likeness (QED) is 0.621. The van der Waals surface area contributed by atoms with Crippen molar-refractivity contribution in [2.45, 2.75) is 26.7 Å². The number of nitrogens with zero attached hydrogens (tertiary/aromatic N) is 1. The second-order valence-electron chi connectivity index (χ2n) is 3.40. The summed E-state index contributed by atoms with van der Waals surface area (Å²) in [4.78, 5) is 4.32. The molecule has 0 aliphatic carbocycles. The molecule has 0 saturated heterocycles. The maximum absolute atomic E-state index is 7.86. The van der Waals surface area contributed by atoms with Crippen molar-refractivity contribution in [1.82, 2.24) is 4.98 Å². The van der Waals surface area contributed by atoms with Crippen molar-refractivity contribution in [2.24, 2.45) is 0 Å². The molecule has 0 bridgehead atoms. The highest BCUT2D eigenvalue weighted by Gasteiger charge is 2.05. The molecule has 0 unspecified atom stereocenters. The van der Waals surface area contributed by atoms with Crippen molar-refractivity contribution < 1.29 is 1.37 Å². The first-order valence-electron chi connectivity index (χ1n) is 4.88. The van der Waals surface area contributed by atoms with Gasteiger partial charge < -0.3 is 0 Å². The summed E-state index contributed by atoms with van der Waals surface area (Å²) in [7, 11) is 5.81. The van der Waals surface area contributed by atoms with E-state index in [9.17, 15) is 0 Å². The van der Waals surface area contributed by atoms with Gasteiger partial charge in [0.25, 0.3) is 0 Å². The molecule has 0 saturated carbocycles. The Kier molecular flexibility index (Phi) is 2.48. The van der Waals surface area contributed by atoms with E-state index in [1.54, 1.807) is 6.08 Å². The number of rotatable bonds is 2. The Morgan fingerprint density at radius 2 is 2.31 bits per heavy atom. The summed E-state index contributed by atoms with van der Waals surface area (Å²) in [6.07, 6.45) is 1.63. The van der Waals surface area contributed by atoms with E-state index in [0.29, 0.717) is 17.2 Å². The molecule has 1 rings (SSSR count). The van der Waals surface area contributed by atoms with E-state index in [2.05, 4.69) is 11.6 Å². The van der Waals surface area contributed by atoms with Crippen LogP contribution in [-0.4, -0.2) is 12.8 Å². The van der Waals surface area contributed by atoms with Crippen LogP contribution in [0.1, 0.15) is 38.1 Å². The van der Waals surface area contributed by atoms with Crippen molar-refractivity contribution in [2.75, 3.05) is 0 Å². The highest BCUT2D eigenvalue weighted by Crippen LogP contribution is 2.13. The normalized spacial score (nSPS) is 11.5. The van der Waals surface area contributed by atoms with Crippen LogP contribution >= 0.6 is 0 Å². The molecule has 1 nitrogen and oxygen atoms in total. The molecule has 0 aliphatic heterocycles. The predicted molar refractivity (Wildman–Crippen MR) is 58.5 cm³/mol. The summed E-state index contributed by atoms with van der Waals surface area (Å²) < 4.78 is 7.86. The Balaban J connectivity index is 3.48. The van der Waals surface area contributed by atoms with E-state index < -0.39 is 0 Å². The maximum atomic E-state index is 7.86. The summed E-state index contributed by atoms with van der Waals surface area (Å²) >= 11 is 0. The average Bonchev–Trinajstić information content (AvgIpc) is 2.14. The predicted octanol–water partition coefficient (Wildman–Crippen LogP) is 1.95. The first-order valence-corrected chi connectivity index (χ1v) is 4.38. The second-order valence-corrected chi connectivity index (χ2v) is 3.40. The lowest BCUT2D eigenvalue weighted by atomic mass is 9.88. The molecule has 2 heteroatoms. The Morgan fingerprint density at radius 1 is 1.69 bits per heavy atom. The van der Waals surface area contributed by atoms with Crippen LogP contribution < -0.4 is 5.46 Å². The molecule has 2 radical (unpaired) electrons. The fourth-order valence-corrected chi connectivity index (χ4v) is 1.10. The van der Waals surface area contributed by atoms with E-state index in [4.69, 9.17) is 9.22 Å². The lowest BCUT2D eigenvalue weighted by molar-refractivity contribution is 0.820. The summed E-state index contributed by atoms with van der Waals surface area (Å²) in [5, 5.41) is 0. The van der Waals surface area contributed by atoms with Gasteiger partial charge in [0.1, 0.15) is 7.85 Å². The second kappa shape index (κ2) is 3.78. The number of hydrogen-bond acceptors (Lipinski definition) is 1. The van der Waals surface area contributed by atoms with Crippen molar-refractivity contribution in [3.63, 3.8) is 0 Å². The van der Waals surface area contributed by atoms with Crippen LogP contribution in [0, 0.1) is 6.92 Å². The van der Waals surface area contributed by atoms with Crippen LogP contribution in [-0.2, 0) is 0 Å². The lowest BCUT2D eigenvalue weighted by Crippen LogP contribution is -2.15. The standard InChI is InChI=1S/C11H14BN/c1-5-9-11(12)8(4)6-10(13-9)7(2)3/h5-7H,1H2,2-4H3/i6D. The fourth-order valence-electron chi connectivity index (χ4n) is 1.10. The van der Waals surface area contributed by atoms with Crippen LogP contribution in [0.15, 0.2) is 12.6 Å². The first-order chi connectivity index (χ1) is 6.49. The maximum Gasteiger partial charge on any atom is 0.117 e. The van der Waals surface area contributed by atoms with E-state index in [1.165, 1.54) is 0 Å². The number of hydrogen-bond donors (Lipinski definition) is 0. The van der Waals surface area contributed by atoms with Gasteiger partial charge in [0.15, 0.2) is 0 Å². The van der Waals surface area contributed by atoms with Crippen molar-refractivity contribution in [1.29, 1.82) is 0 Å². The molecule has 0 aromatic carbocycles. The van der Waals surface area contributed by atoms with Gasteiger partial charge in [-0.25, -0.2) is 0 Å². The van der Waals surface area contributed by atoms with Crippen LogP contribution in [0.2, 0.25) is 0 Å². The van der Waals surface area contributed by atoms with Gasteiger partial charge in [-0.05, 0) is 25.0 Å². The molecule has 0 fully saturated rings.